The molecule has 0 saturated heterocycles. The van der Waals surface area contributed by atoms with E-state index in [1.54, 1.807) is 11.0 Å². The first kappa shape index (κ1) is 13.2. The van der Waals surface area contributed by atoms with Crippen LogP contribution in [-0.4, -0.2) is 24.0 Å². The largest absolute Gasteiger partial charge is 0.491 e. The van der Waals surface area contributed by atoms with Gasteiger partial charge >= 0.3 is 0 Å². The molecule has 3 nitrogen and oxygen atoms in total. The number of carbonyl (C=O) groups is 1. The van der Waals surface area contributed by atoms with Gasteiger partial charge in [0, 0.05) is 18.0 Å². The van der Waals surface area contributed by atoms with E-state index < -0.39 is 0 Å². The van der Waals surface area contributed by atoms with Crippen molar-refractivity contribution < 1.29 is 13.9 Å². The molecule has 0 aromatic heterocycles. The minimum Gasteiger partial charge on any atom is -0.491 e. The second-order valence-corrected chi connectivity index (χ2v) is 5.34. The predicted molar refractivity (Wildman–Crippen MR) is 73.8 cm³/mol. The Bertz CT molecular complexity index is 541. The maximum absolute atomic E-state index is 13.3. The van der Waals surface area contributed by atoms with Crippen molar-refractivity contribution in [3.05, 3.63) is 41.7 Å². The third-order valence-corrected chi connectivity index (χ3v) is 3.93. The fourth-order valence-electron chi connectivity index (χ4n) is 2.83. The average molecular weight is 275 g/mol. The van der Waals surface area contributed by atoms with Crippen molar-refractivity contribution in [2.45, 2.75) is 25.8 Å². The van der Waals surface area contributed by atoms with Crippen LogP contribution in [0.2, 0.25) is 0 Å². The summed E-state index contributed by atoms with van der Waals surface area (Å²) in [5, 5.41) is 0. The zero-order chi connectivity index (χ0) is 13.9. The molecule has 1 aromatic rings. The highest BCUT2D eigenvalue weighted by atomic mass is 19.1. The van der Waals surface area contributed by atoms with Gasteiger partial charge in [-0.3, -0.25) is 4.79 Å². The molecular weight excluding hydrogens is 257 g/mol. The van der Waals surface area contributed by atoms with Crippen LogP contribution in [-0.2, 0) is 11.3 Å². The molecule has 2 aliphatic rings. The number of halogens is 1. The Morgan fingerprint density at radius 2 is 2.25 bits per heavy atom. The first-order valence-electron chi connectivity index (χ1n) is 7.09. The Morgan fingerprint density at radius 3 is 3.05 bits per heavy atom. The number of hydrogen-bond donors (Lipinski definition) is 0. The highest BCUT2D eigenvalue weighted by molar-refractivity contribution is 5.79. The molecule has 20 heavy (non-hydrogen) atoms. The molecule has 0 radical (unpaired) electrons. The smallest absolute Gasteiger partial charge is 0.226 e. The third-order valence-electron chi connectivity index (χ3n) is 3.93. The van der Waals surface area contributed by atoms with Crippen LogP contribution >= 0.6 is 0 Å². The molecular formula is C16H18FNO2. The third kappa shape index (κ3) is 2.69. The van der Waals surface area contributed by atoms with Gasteiger partial charge in [0.25, 0.3) is 0 Å². The van der Waals surface area contributed by atoms with Crippen LogP contribution in [0.5, 0.6) is 5.75 Å². The summed E-state index contributed by atoms with van der Waals surface area (Å²) < 4.78 is 18.9. The molecule has 1 aliphatic carbocycles. The summed E-state index contributed by atoms with van der Waals surface area (Å²) in [6.07, 6.45) is 6.88. The number of ether oxygens (including phenoxy) is 1. The van der Waals surface area contributed by atoms with Crippen LogP contribution in [0.1, 0.15) is 24.8 Å². The summed E-state index contributed by atoms with van der Waals surface area (Å²) in [7, 11) is 0. The van der Waals surface area contributed by atoms with Gasteiger partial charge in [0.1, 0.15) is 18.2 Å². The van der Waals surface area contributed by atoms with Gasteiger partial charge in [-0.2, -0.15) is 0 Å². The zero-order valence-corrected chi connectivity index (χ0v) is 11.3. The van der Waals surface area contributed by atoms with Crippen LogP contribution in [0.15, 0.2) is 30.4 Å². The molecule has 0 N–H and O–H groups in total. The lowest BCUT2D eigenvalue weighted by molar-refractivity contribution is -0.136. The molecule has 106 valence electrons. The second-order valence-electron chi connectivity index (χ2n) is 5.34. The van der Waals surface area contributed by atoms with Crippen molar-refractivity contribution in [1.29, 1.82) is 0 Å². The van der Waals surface area contributed by atoms with Gasteiger partial charge in [0.15, 0.2) is 0 Å². The topological polar surface area (TPSA) is 29.5 Å². The molecule has 1 amide bonds. The van der Waals surface area contributed by atoms with Gasteiger partial charge in [0.05, 0.1) is 6.54 Å². The lowest BCUT2D eigenvalue weighted by atomic mass is 9.93. The molecule has 1 atom stereocenters. The average Bonchev–Trinajstić information content (AvgIpc) is 2.69. The number of carbonyl (C=O) groups excluding carboxylic acids is 1. The van der Waals surface area contributed by atoms with Crippen LogP contribution in [0.4, 0.5) is 4.39 Å². The fourth-order valence-corrected chi connectivity index (χ4v) is 2.83. The highest BCUT2D eigenvalue weighted by Crippen LogP contribution is 2.27. The Hall–Kier alpha value is -1.84. The lowest BCUT2D eigenvalue weighted by Crippen LogP contribution is -2.37. The minimum absolute atomic E-state index is 0.0649. The Balaban J connectivity index is 1.77. The van der Waals surface area contributed by atoms with Crippen LogP contribution in [0.25, 0.3) is 0 Å². The van der Waals surface area contributed by atoms with Crippen LogP contribution in [0, 0.1) is 11.7 Å². The van der Waals surface area contributed by atoms with Gasteiger partial charge < -0.3 is 9.64 Å². The summed E-state index contributed by atoms with van der Waals surface area (Å²) in [4.78, 5) is 14.3. The zero-order valence-electron chi connectivity index (χ0n) is 11.3. The van der Waals surface area contributed by atoms with E-state index in [2.05, 4.69) is 12.2 Å². The molecule has 0 unspecified atom stereocenters. The summed E-state index contributed by atoms with van der Waals surface area (Å²) >= 11 is 0. The number of allylic oxidation sites excluding steroid dienone is 2. The molecule has 0 fully saturated rings. The molecule has 3 rings (SSSR count). The lowest BCUT2D eigenvalue weighted by Gasteiger charge is -2.26. The predicted octanol–water partition coefficient (Wildman–Crippen LogP) is 2.90. The molecule has 4 heteroatoms. The van der Waals surface area contributed by atoms with E-state index in [0.29, 0.717) is 25.4 Å². The van der Waals surface area contributed by atoms with Gasteiger partial charge in [0.2, 0.25) is 5.91 Å². The van der Waals surface area contributed by atoms with Crippen molar-refractivity contribution in [2.75, 3.05) is 13.2 Å². The maximum Gasteiger partial charge on any atom is 0.226 e. The minimum atomic E-state index is -0.290. The Kier molecular flexibility index (Phi) is 3.72. The molecule has 1 heterocycles. The van der Waals surface area contributed by atoms with E-state index >= 15 is 0 Å². The number of hydrogen-bond acceptors (Lipinski definition) is 2. The van der Waals surface area contributed by atoms with E-state index in [0.717, 1.165) is 24.8 Å². The Labute approximate surface area is 118 Å². The fraction of sp³-hybridized carbons (Fsp3) is 0.438. The quantitative estimate of drug-likeness (QED) is 0.738. The summed E-state index contributed by atoms with van der Waals surface area (Å²) in [6, 6.07) is 4.49. The molecule has 0 spiro atoms. The van der Waals surface area contributed by atoms with Crippen molar-refractivity contribution in [3.63, 3.8) is 0 Å². The van der Waals surface area contributed by atoms with Gasteiger partial charge in [-0.15, -0.1) is 0 Å². The van der Waals surface area contributed by atoms with E-state index in [9.17, 15) is 9.18 Å². The molecule has 1 aliphatic heterocycles. The van der Waals surface area contributed by atoms with Crippen molar-refractivity contribution in [1.82, 2.24) is 4.90 Å². The number of amides is 1. The summed E-state index contributed by atoms with van der Waals surface area (Å²) in [5.41, 5.74) is 0.752. The molecule has 0 bridgehead atoms. The number of nitrogens with zero attached hydrogens (tertiary/aromatic N) is 1. The molecule has 0 saturated carbocycles. The maximum atomic E-state index is 13.3. The van der Waals surface area contributed by atoms with Crippen LogP contribution in [0.3, 0.4) is 0 Å². The monoisotopic (exact) mass is 275 g/mol. The van der Waals surface area contributed by atoms with Crippen molar-refractivity contribution in [2.24, 2.45) is 5.92 Å². The van der Waals surface area contributed by atoms with Gasteiger partial charge in [-0.25, -0.2) is 4.39 Å². The van der Waals surface area contributed by atoms with Gasteiger partial charge in [-0.05, 0) is 37.5 Å². The second kappa shape index (κ2) is 5.65. The van der Waals surface area contributed by atoms with E-state index in [4.69, 9.17) is 4.74 Å². The van der Waals surface area contributed by atoms with Crippen molar-refractivity contribution in [3.8, 4) is 5.75 Å². The van der Waals surface area contributed by atoms with E-state index in [1.807, 2.05) is 0 Å². The SMILES string of the molecule is O=C([C@@H]1CC=CCC1)N1CCOc2ccc(F)cc2C1. The Morgan fingerprint density at radius 1 is 1.35 bits per heavy atom. The standard InChI is InChI=1S/C16H18FNO2/c17-14-6-7-15-13(10-14)11-18(8-9-20-15)16(19)12-4-2-1-3-5-12/h1-2,6-7,10,12H,3-5,8-9,11H2/t12-/m1/s1. The summed E-state index contributed by atoms with van der Waals surface area (Å²) in [5.74, 6) is 0.623. The highest BCUT2D eigenvalue weighted by Gasteiger charge is 2.26. The first-order chi connectivity index (χ1) is 9.74. The van der Waals surface area contributed by atoms with Gasteiger partial charge in [-0.1, -0.05) is 12.2 Å². The normalized spacial score (nSPS) is 21.9. The van der Waals surface area contributed by atoms with Crippen molar-refractivity contribution >= 4 is 5.91 Å². The number of benzene rings is 1. The van der Waals surface area contributed by atoms with E-state index in [1.165, 1.54) is 12.1 Å². The van der Waals surface area contributed by atoms with E-state index in [-0.39, 0.29) is 17.6 Å². The molecule has 1 aromatic carbocycles. The first-order valence-corrected chi connectivity index (χ1v) is 7.09. The number of fused-ring (bicyclic) bond motifs is 1. The van der Waals surface area contributed by atoms with Crippen LogP contribution < -0.4 is 4.74 Å². The number of rotatable bonds is 1. The summed E-state index contributed by atoms with van der Waals surface area (Å²) in [6.45, 7) is 1.47.